The van der Waals surface area contributed by atoms with Crippen molar-refractivity contribution >= 4 is 40.6 Å². The summed E-state index contributed by atoms with van der Waals surface area (Å²) in [5.74, 6) is -0.436. The molecule has 2 N–H and O–H groups in total. The second-order valence-corrected chi connectivity index (χ2v) is 5.90. The number of thiocarbonyl (C=S) groups is 1. The van der Waals surface area contributed by atoms with Crippen LogP contribution in [0.1, 0.15) is 5.56 Å². The Labute approximate surface area is 152 Å². The summed E-state index contributed by atoms with van der Waals surface area (Å²) in [6, 6.07) is 9.94. The average Bonchev–Trinajstić information content (AvgIpc) is 2.99. The number of nitrogens with zero attached hydrogens (tertiary/aromatic N) is 3. The zero-order valence-electron chi connectivity index (χ0n) is 12.7. The Morgan fingerprint density at radius 2 is 1.80 bits per heavy atom. The number of rotatable bonds is 4. The third-order valence-electron chi connectivity index (χ3n) is 3.21. The molecule has 0 atom stereocenters. The van der Waals surface area contributed by atoms with Crippen LogP contribution in [0.25, 0.3) is 0 Å². The second kappa shape index (κ2) is 7.54. The van der Waals surface area contributed by atoms with E-state index in [-0.39, 0.29) is 16.9 Å². The number of anilines is 2. The topological polar surface area (TPSA) is 54.8 Å². The number of hydrogen-bond acceptors (Lipinski definition) is 3. The minimum Gasteiger partial charge on any atom is -0.332 e. The van der Waals surface area contributed by atoms with Crippen molar-refractivity contribution in [3.05, 3.63) is 71.0 Å². The van der Waals surface area contributed by atoms with Gasteiger partial charge in [-0.2, -0.15) is 0 Å². The molecule has 128 valence electrons. The zero-order chi connectivity index (χ0) is 17.8. The van der Waals surface area contributed by atoms with E-state index >= 15 is 0 Å². The molecule has 1 heterocycles. The molecular formula is C16H12ClF2N5S. The van der Waals surface area contributed by atoms with E-state index in [1.54, 1.807) is 22.9 Å². The van der Waals surface area contributed by atoms with E-state index in [9.17, 15) is 8.78 Å². The summed E-state index contributed by atoms with van der Waals surface area (Å²) >= 11 is 11.2. The van der Waals surface area contributed by atoms with Crippen molar-refractivity contribution in [2.75, 3.05) is 10.6 Å². The lowest BCUT2D eigenvalue weighted by Gasteiger charge is -2.07. The largest absolute Gasteiger partial charge is 0.332 e. The lowest BCUT2D eigenvalue weighted by molar-refractivity contribution is 0.624. The first kappa shape index (κ1) is 17.2. The highest BCUT2D eigenvalue weighted by molar-refractivity contribution is 7.80. The summed E-state index contributed by atoms with van der Waals surface area (Å²) in [6.45, 7) is 0.339. The van der Waals surface area contributed by atoms with Gasteiger partial charge in [0, 0.05) is 10.7 Å². The van der Waals surface area contributed by atoms with E-state index in [1.165, 1.54) is 30.6 Å². The molecule has 1 aromatic heterocycles. The van der Waals surface area contributed by atoms with Crippen LogP contribution >= 0.6 is 23.8 Å². The summed E-state index contributed by atoms with van der Waals surface area (Å²) < 4.78 is 27.5. The predicted octanol–water partition coefficient (Wildman–Crippen LogP) is 4.07. The number of aromatic nitrogens is 3. The smallest absolute Gasteiger partial charge is 0.248 e. The Kier molecular flexibility index (Phi) is 5.20. The van der Waals surface area contributed by atoms with Crippen LogP contribution in [0.15, 0.2) is 48.8 Å². The van der Waals surface area contributed by atoms with Crippen molar-refractivity contribution in [3.63, 3.8) is 0 Å². The van der Waals surface area contributed by atoms with Gasteiger partial charge in [-0.3, -0.25) is 5.32 Å². The first-order valence-electron chi connectivity index (χ1n) is 7.16. The molecule has 3 rings (SSSR count). The first-order chi connectivity index (χ1) is 12.0. The first-order valence-corrected chi connectivity index (χ1v) is 7.95. The Morgan fingerprint density at radius 3 is 2.52 bits per heavy atom. The average molecular weight is 380 g/mol. The SMILES string of the molecule is Fc1ccc(NC(=S)Nc2ncn(Cc3ccc(F)cc3Cl)n2)cc1. The van der Waals surface area contributed by atoms with Gasteiger partial charge in [-0.1, -0.05) is 17.7 Å². The summed E-state index contributed by atoms with van der Waals surface area (Å²) in [5.41, 5.74) is 1.35. The molecule has 2 aromatic carbocycles. The van der Waals surface area contributed by atoms with Crippen molar-refractivity contribution in [1.82, 2.24) is 14.8 Å². The number of hydrogen-bond donors (Lipinski definition) is 2. The molecule has 5 nitrogen and oxygen atoms in total. The van der Waals surface area contributed by atoms with Gasteiger partial charge >= 0.3 is 0 Å². The van der Waals surface area contributed by atoms with Crippen molar-refractivity contribution < 1.29 is 8.78 Å². The monoisotopic (exact) mass is 379 g/mol. The molecule has 0 unspecified atom stereocenters. The van der Waals surface area contributed by atoms with E-state index in [0.717, 1.165) is 0 Å². The van der Waals surface area contributed by atoms with E-state index in [1.807, 2.05) is 0 Å². The van der Waals surface area contributed by atoms with Gasteiger partial charge in [0.25, 0.3) is 0 Å². The molecule has 0 aliphatic rings. The number of nitrogens with one attached hydrogen (secondary N) is 2. The molecule has 0 radical (unpaired) electrons. The Bertz CT molecular complexity index is 898. The lowest BCUT2D eigenvalue weighted by Crippen LogP contribution is -2.20. The Balaban J connectivity index is 1.61. The highest BCUT2D eigenvalue weighted by Gasteiger charge is 2.07. The fourth-order valence-electron chi connectivity index (χ4n) is 2.05. The highest BCUT2D eigenvalue weighted by Crippen LogP contribution is 2.18. The molecule has 0 fully saturated rings. The third-order valence-corrected chi connectivity index (χ3v) is 3.77. The standard InChI is InChI=1S/C16H12ClF2N5S/c17-14-7-12(19)2-1-10(14)8-24-9-20-15(23-24)22-16(25)21-13-5-3-11(18)4-6-13/h1-7,9H,8H2,(H2,21,22,23,25). The van der Waals surface area contributed by atoms with E-state index in [4.69, 9.17) is 23.8 Å². The van der Waals surface area contributed by atoms with Gasteiger partial charge in [-0.15, -0.1) is 5.10 Å². The van der Waals surface area contributed by atoms with Crippen LogP contribution in [-0.4, -0.2) is 19.9 Å². The van der Waals surface area contributed by atoms with Crippen LogP contribution in [0, 0.1) is 11.6 Å². The molecule has 0 saturated heterocycles. The van der Waals surface area contributed by atoms with Crippen LogP contribution in [0.2, 0.25) is 5.02 Å². The Hall–Kier alpha value is -2.58. The molecule has 0 aliphatic heterocycles. The van der Waals surface area contributed by atoms with Crippen LogP contribution in [0.4, 0.5) is 20.4 Å². The molecule has 0 amide bonds. The maximum atomic E-state index is 13.1. The molecule has 0 aliphatic carbocycles. The van der Waals surface area contributed by atoms with Crippen molar-refractivity contribution in [1.29, 1.82) is 0 Å². The van der Waals surface area contributed by atoms with Crippen molar-refractivity contribution in [2.45, 2.75) is 6.54 Å². The van der Waals surface area contributed by atoms with E-state index < -0.39 is 5.82 Å². The molecule has 9 heteroatoms. The van der Waals surface area contributed by atoms with Crippen LogP contribution in [-0.2, 0) is 6.54 Å². The highest BCUT2D eigenvalue weighted by atomic mass is 35.5. The van der Waals surface area contributed by atoms with Crippen molar-refractivity contribution in [2.24, 2.45) is 0 Å². The molecule has 25 heavy (non-hydrogen) atoms. The predicted molar refractivity (Wildman–Crippen MR) is 96.8 cm³/mol. The summed E-state index contributed by atoms with van der Waals surface area (Å²) in [7, 11) is 0. The quantitative estimate of drug-likeness (QED) is 0.669. The van der Waals surface area contributed by atoms with Gasteiger partial charge in [-0.25, -0.2) is 18.4 Å². The van der Waals surface area contributed by atoms with Crippen LogP contribution in [0.3, 0.4) is 0 Å². The van der Waals surface area contributed by atoms with Crippen LogP contribution < -0.4 is 10.6 Å². The van der Waals surface area contributed by atoms with Crippen LogP contribution in [0.5, 0.6) is 0 Å². The molecule has 0 spiro atoms. The lowest BCUT2D eigenvalue weighted by atomic mass is 10.2. The second-order valence-electron chi connectivity index (χ2n) is 5.09. The van der Waals surface area contributed by atoms with Gasteiger partial charge < -0.3 is 5.32 Å². The zero-order valence-corrected chi connectivity index (χ0v) is 14.3. The number of halogens is 3. The molecular weight excluding hydrogens is 368 g/mol. The summed E-state index contributed by atoms with van der Waals surface area (Å²) in [5, 5.41) is 10.5. The fraction of sp³-hybridized carbons (Fsp3) is 0.0625. The minimum atomic E-state index is -0.396. The van der Waals surface area contributed by atoms with Gasteiger partial charge in [0.2, 0.25) is 5.95 Å². The Morgan fingerprint density at radius 1 is 1.08 bits per heavy atom. The maximum Gasteiger partial charge on any atom is 0.248 e. The van der Waals surface area contributed by atoms with Gasteiger partial charge in [0.15, 0.2) is 5.11 Å². The maximum absolute atomic E-state index is 13.1. The minimum absolute atomic E-state index is 0.268. The molecule has 0 saturated carbocycles. The normalized spacial score (nSPS) is 10.5. The van der Waals surface area contributed by atoms with Gasteiger partial charge in [0.05, 0.1) is 6.54 Å². The summed E-state index contributed by atoms with van der Waals surface area (Å²) in [6.07, 6.45) is 1.50. The third kappa shape index (κ3) is 4.71. The van der Waals surface area contributed by atoms with Crippen molar-refractivity contribution in [3.8, 4) is 0 Å². The van der Waals surface area contributed by atoms with E-state index in [2.05, 4.69) is 20.7 Å². The fourth-order valence-corrected chi connectivity index (χ4v) is 2.49. The van der Waals surface area contributed by atoms with Gasteiger partial charge in [-0.05, 0) is 54.2 Å². The van der Waals surface area contributed by atoms with Gasteiger partial charge in [0.1, 0.15) is 18.0 Å². The molecule has 0 bridgehead atoms. The molecule has 3 aromatic rings. The number of benzene rings is 2. The summed E-state index contributed by atoms with van der Waals surface area (Å²) in [4.78, 5) is 4.09. The van der Waals surface area contributed by atoms with E-state index in [0.29, 0.717) is 22.8 Å².